The molecule has 13 heavy (non-hydrogen) atoms. The van der Waals surface area contributed by atoms with Gasteiger partial charge >= 0.3 is 0 Å². The molecule has 0 N–H and O–H groups in total. The van der Waals surface area contributed by atoms with E-state index in [-0.39, 0.29) is 0 Å². The Morgan fingerprint density at radius 1 is 1.46 bits per heavy atom. The number of hydrogen-bond donors (Lipinski definition) is 0. The fraction of sp³-hybridized carbons (Fsp3) is 0.909. The second-order valence-corrected chi connectivity index (χ2v) is 10.4. The standard InChI is InChI=1S/C11H23OSi/c1-5-12-11(13(2,3)4)10-8-6-7-9-10/h8,10-11H,5-7,9H2,1-4H3. The van der Waals surface area contributed by atoms with Crippen molar-refractivity contribution in [1.29, 1.82) is 0 Å². The van der Waals surface area contributed by atoms with Crippen LogP contribution in [0.5, 0.6) is 0 Å². The highest BCUT2D eigenvalue weighted by atomic mass is 28.3. The van der Waals surface area contributed by atoms with Gasteiger partial charge in [-0.1, -0.05) is 26.1 Å². The molecule has 0 bridgehead atoms. The van der Waals surface area contributed by atoms with Crippen LogP contribution in [0.25, 0.3) is 0 Å². The highest BCUT2D eigenvalue weighted by molar-refractivity contribution is 6.77. The Kier molecular flexibility index (Phi) is 3.99. The number of hydrogen-bond acceptors (Lipinski definition) is 1. The van der Waals surface area contributed by atoms with Gasteiger partial charge in [0.15, 0.2) is 0 Å². The Labute approximate surface area is 83.9 Å². The third kappa shape index (κ3) is 3.10. The van der Waals surface area contributed by atoms with E-state index in [9.17, 15) is 0 Å². The highest BCUT2D eigenvalue weighted by Gasteiger charge is 2.35. The van der Waals surface area contributed by atoms with E-state index in [0.717, 1.165) is 12.5 Å². The zero-order valence-electron chi connectivity index (χ0n) is 9.47. The fourth-order valence-electron chi connectivity index (χ4n) is 2.27. The molecule has 2 unspecified atom stereocenters. The zero-order chi connectivity index (χ0) is 9.90. The van der Waals surface area contributed by atoms with Crippen LogP contribution in [0.3, 0.4) is 0 Å². The molecule has 0 aromatic carbocycles. The molecular formula is C11H23OSi. The van der Waals surface area contributed by atoms with Crippen LogP contribution in [0, 0.1) is 12.3 Å². The maximum atomic E-state index is 5.92. The Balaban J connectivity index is 2.55. The van der Waals surface area contributed by atoms with Crippen LogP contribution in [0.1, 0.15) is 26.2 Å². The van der Waals surface area contributed by atoms with E-state index >= 15 is 0 Å². The molecular weight excluding hydrogens is 176 g/mol. The molecule has 1 aliphatic rings. The van der Waals surface area contributed by atoms with E-state index in [0.29, 0.717) is 5.73 Å². The van der Waals surface area contributed by atoms with Crippen LogP contribution in [0.4, 0.5) is 0 Å². The largest absolute Gasteiger partial charge is 0.382 e. The summed E-state index contributed by atoms with van der Waals surface area (Å²) in [5, 5.41) is 0. The maximum Gasteiger partial charge on any atom is 0.0789 e. The number of ether oxygens (including phenoxy) is 1. The first-order chi connectivity index (χ1) is 6.05. The summed E-state index contributed by atoms with van der Waals surface area (Å²) in [6.07, 6.45) is 6.52. The van der Waals surface area contributed by atoms with Gasteiger partial charge in [-0.25, -0.2) is 0 Å². The van der Waals surface area contributed by atoms with Gasteiger partial charge in [-0.05, 0) is 32.1 Å². The average Bonchev–Trinajstić information content (AvgIpc) is 2.49. The Hall–Kier alpha value is 0.177. The van der Waals surface area contributed by atoms with Gasteiger partial charge in [-0.15, -0.1) is 0 Å². The van der Waals surface area contributed by atoms with Crippen LogP contribution in [0.2, 0.25) is 19.6 Å². The van der Waals surface area contributed by atoms with Crippen LogP contribution >= 0.6 is 0 Å². The van der Waals surface area contributed by atoms with E-state index in [2.05, 4.69) is 33.0 Å². The van der Waals surface area contributed by atoms with Gasteiger partial charge in [0.2, 0.25) is 0 Å². The molecule has 2 atom stereocenters. The third-order valence-corrected chi connectivity index (χ3v) is 5.10. The predicted molar refractivity (Wildman–Crippen MR) is 60.4 cm³/mol. The monoisotopic (exact) mass is 199 g/mol. The van der Waals surface area contributed by atoms with Gasteiger partial charge in [0.25, 0.3) is 0 Å². The van der Waals surface area contributed by atoms with Crippen LogP contribution in [0.15, 0.2) is 0 Å². The maximum absolute atomic E-state index is 5.92. The van der Waals surface area contributed by atoms with E-state index in [1.165, 1.54) is 19.3 Å². The van der Waals surface area contributed by atoms with Crippen molar-refractivity contribution in [1.82, 2.24) is 0 Å². The lowest BCUT2D eigenvalue weighted by Crippen LogP contribution is -2.45. The van der Waals surface area contributed by atoms with Crippen LogP contribution in [-0.2, 0) is 4.74 Å². The van der Waals surface area contributed by atoms with E-state index in [1.54, 1.807) is 0 Å². The molecule has 2 heteroatoms. The van der Waals surface area contributed by atoms with Crippen LogP contribution in [-0.4, -0.2) is 20.4 Å². The summed E-state index contributed by atoms with van der Waals surface area (Å²) in [5.41, 5.74) is 0.556. The normalized spacial score (nSPS) is 22.2. The van der Waals surface area contributed by atoms with Crippen molar-refractivity contribution >= 4 is 8.07 Å². The molecule has 0 aromatic heterocycles. The average molecular weight is 199 g/mol. The van der Waals surface area contributed by atoms with E-state index < -0.39 is 8.07 Å². The number of rotatable bonds is 4. The predicted octanol–water partition coefficient (Wildman–Crippen LogP) is 3.27. The molecule has 77 valence electrons. The minimum absolute atomic E-state index is 0.556. The fourth-order valence-corrected chi connectivity index (χ4v) is 4.53. The Bertz CT molecular complexity index is 145. The Morgan fingerprint density at radius 3 is 2.54 bits per heavy atom. The van der Waals surface area contributed by atoms with Crippen molar-refractivity contribution in [2.45, 2.75) is 51.6 Å². The molecule has 1 nitrogen and oxygen atoms in total. The first kappa shape index (κ1) is 11.3. The van der Waals surface area contributed by atoms with Crippen molar-refractivity contribution < 1.29 is 4.74 Å². The summed E-state index contributed by atoms with van der Waals surface area (Å²) in [6, 6.07) is 0. The third-order valence-electron chi connectivity index (χ3n) is 2.80. The molecule has 1 aliphatic carbocycles. The van der Waals surface area contributed by atoms with Crippen molar-refractivity contribution in [3.05, 3.63) is 6.42 Å². The van der Waals surface area contributed by atoms with Crippen molar-refractivity contribution in [2.24, 2.45) is 5.92 Å². The molecule has 0 amide bonds. The highest BCUT2D eigenvalue weighted by Crippen LogP contribution is 2.32. The summed E-state index contributed by atoms with van der Waals surface area (Å²) in [5.74, 6) is 0.756. The molecule has 0 aliphatic heterocycles. The molecule has 0 aromatic rings. The SMILES string of the molecule is CCOC(C1[CH]CCC1)[Si](C)(C)C. The lowest BCUT2D eigenvalue weighted by Gasteiger charge is -2.33. The minimum atomic E-state index is -1.13. The smallest absolute Gasteiger partial charge is 0.0789 e. The molecule has 1 rings (SSSR count). The summed E-state index contributed by atoms with van der Waals surface area (Å²) in [4.78, 5) is 0. The summed E-state index contributed by atoms with van der Waals surface area (Å²) < 4.78 is 5.92. The molecule has 1 radical (unpaired) electrons. The molecule has 1 saturated carbocycles. The second-order valence-electron chi connectivity index (χ2n) is 5.07. The molecule has 1 fully saturated rings. The van der Waals surface area contributed by atoms with Crippen molar-refractivity contribution in [2.75, 3.05) is 6.61 Å². The quantitative estimate of drug-likeness (QED) is 0.631. The van der Waals surface area contributed by atoms with Gasteiger partial charge in [0.1, 0.15) is 0 Å². The molecule has 0 spiro atoms. The van der Waals surface area contributed by atoms with Gasteiger partial charge in [-0.2, -0.15) is 0 Å². The zero-order valence-corrected chi connectivity index (χ0v) is 10.5. The van der Waals surface area contributed by atoms with E-state index in [1.807, 2.05) is 0 Å². The first-order valence-corrected chi connectivity index (χ1v) is 9.08. The molecule has 0 saturated heterocycles. The molecule has 0 heterocycles. The first-order valence-electron chi connectivity index (χ1n) is 5.50. The van der Waals surface area contributed by atoms with Gasteiger partial charge in [-0.3, -0.25) is 0 Å². The summed E-state index contributed by atoms with van der Waals surface area (Å²) in [6.45, 7) is 10.2. The summed E-state index contributed by atoms with van der Waals surface area (Å²) in [7, 11) is -1.13. The van der Waals surface area contributed by atoms with Gasteiger partial charge in [0.05, 0.1) is 13.8 Å². The van der Waals surface area contributed by atoms with Crippen LogP contribution < -0.4 is 0 Å². The summed E-state index contributed by atoms with van der Waals surface area (Å²) >= 11 is 0. The van der Waals surface area contributed by atoms with Crippen molar-refractivity contribution in [3.8, 4) is 0 Å². The van der Waals surface area contributed by atoms with Gasteiger partial charge in [0, 0.05) is 6.61 Å². The Morgan fingerprint density at radius 2 is 2.15 bits per heavy atom. The second kappa shape index (κ2) is 4.60. The lowest BCUT2D eigenvalue weighted by molar-refractivity contribution is 0.0807. The topological polar surface area (TPSA) is 9.23 Å². The minimum Gasteiger partial charge on any atom is -0.382 e. The van der Waals surface area contributed by atoms with E-state index in [4.69, 9.17) is 4.74 Å². The lowest BCUT2D eigenvalue weighted by atomic mass is 10.1. The van der Waals surface area contributed by atoms with Crippen molar-refractivity contribution in [3.63, 3.8) is 0 Å². The van der Waals surface area contributed by atoms with Gasteiger partial charge < -0.3 is 4.74 Å².